The summed E-state index contributed by atoms with van der Waals surface area (Å²) in [4.78, 5) is 6.41. The molecule has 0 amide bonds. The number of likely N-dealkylation sites (N-methyl/N-ethyl adjacent to an activating group) is 1. The summed E-state index contributed by atoms with van der Waals surface area (Å²) in [6.45, 7) is 2.14. The zero-order valence-electron chi connectivity index (χ0n) is 12.7. The van der Waals surface area contributed by atoms with Gasteiger partial charge in [0.15, 0.2) is 0 Å². The molecule has 0 radical (unpaired) electrons. The Bertz CT molecular complexity index is 615. The molecule has 2 rings (SSSR count). The summed E-state index contributed by atoms with van der Waals surface area (Å²) in [6.07, 6.45) is 0.854. The Hall–Kier alpha value is -2.43. The number of para-hydroxylation sites is 1. The first-order valence-electron chi connectivity index (χ1n) is 6.89. The van der Waals surface area contributed by atoms with Gasteiger partial charge < -0.3 is 21.1 Å². The highest BCUT2D eigenvalue weighted by molar-refractivity contribution is 5.62. The first kappa shape index (κ1) is 15.0. The van der Waals surface area contributed by atoms with Crippen molar-refractivity contribution in [2.45, 2.75) is 19.4 Å². The molecule has 0 saturated carbocycles. The third-order valence-electron chi connectivity index (χ3n) is 3.67. The molecule has 0 aliphatic rings. The van der Waals surface area contributed by atoms with Crippen LogP contribution in [0.25, 0.3) is 0 Å². The van der Waals surface area contributed by atoms with Crippen LogP contribution >= 0.6 is 0 Å². The van der Waals surface area contributed by atoms with E-state index >= 15 is 0 Å². The van der Waals surface area contributed by atoms with E-state index in [0.717, 1.165) is 18.0 Å². The van der Waals surface area contributed by atoms with Gasteiger partial charge in [0.2, 0.25) is 0 Å². The number of nitrogens with zero attached hydrogens (tertiary/aromatic N) is 2. The normalized spacial score (nSPS) is 12.0. The van der Waals surface area contributed by atoms with Crippen LogP contribution < -0.4 is 21.1 Å². The summed E-state index contributed by atoms with van der Waals surface area (Å²) in [6, 6.07) is 11.9. The van der Waals surface area contributed by atoms with E-state index < -0.39 is 0 Å². The monoisotopic (exact) mass is 286 g/mol. The summed E-state index contributed by atoms with van der Waals surface area (Å²) >= 11 is 0. The summed E-state index contributed by atoms with van der Waals surface area (Å²) in [5.41, 5.74) is 13.2. The molecule has 5 heteroatoms. The Morgan fingerprint density at radius 3 is 2.57 bits per heavy atom. The molecule has 1 aromatic carbocycles. The summed E-state index contributed by atoms with van der Waals surface area (Å²) in [7, 11) is 3.69. The molecular weight excluding hydrogens is 264 g/mol. The first-order valence-corrected chi connectivity index (χ1v) is 6.89. The number of methoxy groups -OCH3 is 1. The number of anilines is 3. The Morgan fingerprint density at radius 1 is 1.19 bits per heavy atom. The largest absolute Gasteiger partial charge is 0.496 e. The van der Waals surface area contributed by atoms with Crippen LogP contribution in [0.3, 0.4) is 0 Å². The number of benzene rings is 1. The zero-order valence-corrected chi connectivity index (χ0v) is 12.7. The average molecular weight is 286 g/mol. The van der Waals surface area contributed by atoms with Crippen molar-refractivity contribution in [1.29, 1.82) is 0 Å². The van der Waals surface area contributed by atoms with E-state index in [4.69, 9.17) is 16.2 Å². The van der Waals surface area contributed by atoms with E-state index in [1.807, 2.05) is 31.3 Å². The number of rotatable bonds is 5. The van der Waals surface area contributed by atoms with Crippen LogP contribution in [0, 0.1) is 0 Å². The minimum Gasteiger partial charge on any atom is -0.496 e. The number of hydrogen-bond donors (Lipinski definition) is 2. The van der Waals surface area contributed by atoms with Gasteiger partial charge in [0.05, 0.1) is 12.8 Å². The number of hydrogen-bond acceptors (Lipinski definition) is 5. The smallest absolute Gasteiger partial charge is 0.149 e. The molecule has 4 N–H and O–H groups in total. The van der Waals surface area contributed by atoms with Crippen molar-refractivity contribution in [1.82, 2.24) is 4.98 Å². The van der Waals surface area contributed by atoms with Gasteiger partial charge in [-0.1, -0.05) is 18.2 Å². The summed E-state index contributed by atoms with van der Waals surface area (Å²) < 4.78 is 5.40. The third-order valence-corrected chi connectivity index (χ3v) is 3.67. The van der Waals surface area contributed by atoms with Crippen molar-refractivity contribution in [2.24, 2.45) is 0 Å². The molecule has 2 aromatic rings. The lowest BCUT2D eigenvalue weighted by atomic mass is 10.1. The minimum absolute atomic E-state index is 0.247. The Kier molecular flexibility index (Phi) is 4.52. The van der Waals surface area contributed by atoms with Crippen molar-refractivity contribution in [3.8, 4) is 5.75 Å². The van der Waals surface area contributed by atoms with Crippen LogP contribution in [-0.2, 0) is 6.42 Å². The predicted molar refractivity (Wildman–Crippen MR) is 87.6 cm³/mol. The van der Waals surface area contributed by atoms with Gasteiger partial charge in [-0.25, -0.2) is 4.98 Å². The Balaban J connectivity index is 2.15. The number of nitrogens with two attached hydrogens (primary N) is 2. The second kappa shape index (κ2) is 6.35. The maximum Gasteiger partial charge on any atom is 0.149 e. The molecule has 1 atom stereocenters. The number of nitrogen functional groups attached to an aromatic ring is 2. The molecule has 0 saturated heterocycles. The fraction of sp³-hybridized carbons (Fsp3) is 0.312. The Labute approximate surface area is 125 Å². The molecule has 112 valence electrons. The van der Waals surface area contributed by atoms with Crippen molar-refractivity contribution in [2.75, 3.05) is 30.5 Å². The summed E-state index contributed by atoms with van der Waals surface area (Å²) in [5.74, 6) is 2.08. The standard InChI is InChI=1S/C16H22N4O/c1-11(10-12-6-4-5-7-14(12)21-3)20(2)15-9-8-13(17)16(18)19-15/h4-9,11H,10,17H2,1-3H3,(H2,18,19). The van der Waals surface area contributed by atoms with Gasteiger partial charge in [-0.3, -0.25) is 0 Å². The quantitative estimate of drug-likeness (QED) is 0.882. The van der Waals surface area contributed by atoms with Crippen LogP contribution in [0.4, 0.5) is 17.3 Å². The number of ether oxygens (including phenoxy) is 1. The molecule has 5 nitrogen and oxygen atoms in total. The van der Waals surface area contributed by atoms with Crippen molar-refractivity contribution in [3.05, 3.63) is 42.0 Å². The minimum atomic E-state index is 0.247. The molecule has 1 heterocycles. The highest BCUT2D eigenvalue weighted by Crippen LogP contribution is 2.23. The highest BCUT2D eigenvalue weighted by atomic mass is 16.5. The van der Waals surface area contributed by atoms with Crippen LogP contribution in [0.15, 0.2) is 36.4 Å². The molecule has 0 spiro atoms. The van der Waals surface area contributed by atoms with Crippen LogP contribution in [0.5, 0.6) is 5.75 Å². The van der Waals surface area contributed by atoms with E-state index in [1.165, 1.54) is 5.56 Å². The molecule has 0 fully saturated rings. The molecule has 0 bridgehead atoms. The molecule has 1 unspecified atom stereocenters. The van der Waals surface area contributed by atoms with Crippen LogP contribution in [0.1, 0.15) is 12.5 Å². The first-order chi connectivity index (χ1) is 10.0. The maximum absolute atomic E-state index is 5.77. The molecule has 1 aromatic heterocycles. The SMILES string of the molecule is COc1ccccc1CC(C)N(C)c1ccc(N)c(N)n1. The van der Waals surface area contributed by atoms with E-state index in [9.17, 15) is 0 Å². The van der Waals surface area contributed by atoms with Gasteiger partial charge in [0, 0.05) is 13.1 Å². The second-order valence-corrected chi connectivity index (χ2v) is 5.12. The predicted octanol–water partition coefficient (Wildman–Crippen LogP) is 2.32. The second-order valence-electron chi connectivity index (χ2n) is 5.12. The molecule has 0 aliphatic carbocycles. The van der Waals surface area contributed by atoms with Gasteiger partial charge in [-0.15, -0.1) is 0 Å². The van der Waals surface area contributed by atoms with E-state index in [-0.39, 0.29) is 6.04 Å². The number of pyridine rings is 1. The van der Waals surface area contributed by atoms with Crippen LogP contribution in [-0.4, -0.2) is 25.2 Å². The fourth-order valence-corrected chi connectivity index (χ4v) is 2.22. The van der Waals surface area contributed by atoms with Gasteiger partial charge in [-0.2, -0.15) is 0 Å². The van der Waals surface area contributed by atoms with Gasteiger partial charge >= 0.3 is 0 Å². The lowest BCUT2D eigenvalue weighted by Crippen LogP contribution is -2.31. The van der Waals surface area contributed by atoms with E-state index in [2.05, 4.69) is 22.9 Å². The number of aromatic nitrogens is 1. The topological polar surface area (TPSA) is 77.4 Å². The lowest BCUT2D eigenvalue weighted by Gasteiger charge is -2.27. The summed E-state index contributed by atoms with van der Waals surface area (Å²) in [5, 5.41) is 0. The van der Waals surface area contributed by atoms with Crippen molar-refractivity contribution in [3.63, 3.8) is 0 Å². The maximum atomic E-state index is 5.77. The highest BCUT2D eigenvalue weighted by Gasteiger charge is 2.14. The zero-order chi connectivity index (χ0) is 15.4. The van der Waals surface area contributed by atoms with Gasteiger partial charge in [0.25, 0.3) is 0 Å². The van der Waals surface area contributed by atoms with Crippen molar-refractivity contribution >= 4 is 17.3 Å². The van der Waals surface area contributed by atoms with E-state index in [0.29, 0.717) is 11.5 Å². The van der Waals surface area contributed by atoms with E-state index in [1.54, 1.807) is 13.2 Å². The lowest BCUT2D eigenvalue weighted by molar-refractivity contribution is 0.408. The third kappa shape index (κ3) is 3.37. The molecular formula is C16H22N4O. The molecule has 21 heavy (non-hydrogen) atoms. The molecule has 0 aliphatic heterocycles. The van der Waals surface area contributed by atoms with Crippen molar-refractivity contribution < 1.29 is 4.74 Å². The fourth-order valence-electron chi connectivity index (χ4n) is 2.22. The van der Waals surface area contributed by atoms with Crippen LogP contribution in [0.2, 0.25) is 0 Å². The van der Waals surface area contributed by atoms with Gasteiger partial charge in [0.1, 0.15) is 17.4 Å². The Morgan fingerprint density at radius 2 is 1.90 bits per heavy atom. The van der Waals surface area contributed by atoms with Gasteiger partial charge in [-0.05, 0) is 37.1 Å². The average Bonchev–Trinajstić information content (AvgIpc) is 2.49.